The Morgan fingerprint density at radius 2 is 1.93 bits per heavy atom. The Kier molecular flexibility index (Phi) is 4.77. The number of hydrogen-bond donors (Lipinski definition) is 1. The van der Waals surface area contributed by atoms with Gasteiger partial charge in [-0.1, -0.05) is 13.8 Å². The zero-order valence-electron chi connectivity index (χ0n) is 9.44. The minimum atomic E-state index is -1.19. The minimum Gasteiger partial charge on any atom is -0.480 e. The SMILES string of the molecule is CCC(C(=O)O)S(=O)C1CCC(C)CC1. The van der Waals surface area contributed by atoms with Crippen LogP contribution in [0.2, 0.25) is 0 Å². The molecule has 1 fully saturated rings. The molecule has 0 radical (unpaired) electrons. The molecule has 2 unspecified atom stereocenters. The molecule has 88 valence electrons. The number of carbonyl (C=O) groups is 1. The van der Waals surface area contributed by atoms with E-state index in [0.717, 1.165) is 25.7 Å². The van der Waals surface area contributed by atoms with Gasteiger partial charge < -0.3 is 5.11 Å². The molecule has 0 heterocycles. The van der Waals surface area contributed by atoms with Crippen LogP contribution in [0.1, 0.15) is 46.0 Å². The summed E-state index contributed by atoms with van der Waals surface area (Å²) in [5.41, 5.74) is 0. The van der Waals surface area contributed by atoms with Crippen LogP contribution in [-0.4, -0.2) is 25.8 Å². The van der Waals surface area contributed by atoms with Crippen molar-refractivity contribution in [2.45, 2.75) is 56.5 Å². The minimum absolute atomic E-state index is 0.113. The molecule has 0 aliphatic heterocycles. The molecule has 0 amide bonds. The van der Waals surface area contributed by atoms with E-state index in [1.807, 2.05) is 0 Å². The molecule has 2 atom stereocenters. The van der Waals surface area contributed by atoms with Gasteiger partial charge in [0.15, 0.2) is 0 Å². The van der Waals surface area contributed by atoms with Crippen LogP contribution < -0.4 is 0 Å². The maximum atomic E-state index is 12.0. The van der Waals surface area contributed by atoms with Gasteiger partial charge in [0.1, 0.15) is 5.25 Å². The summed E-state index contributed by atoms with van der Waals surface area (Å²) in [4.78, 5) is 10.9. The highest BCUT2D eigenvalue weighted by atomic mass is 32.2. The Bertz CT molecular complexity index is 244. The lowest BCUT2D eigenvalue weighted by atomic mass is 9.91. The summed E-state index contributed by atoms with van der Waals surface area (Å²) >= 11 is 0. The third-order valence-electron chi connectivity index (χ3n) is 3.22. The third kappa shape index (κ3) is 3.30. The molecule has 15 heavy (non-hydrogen) atoms. The van der Waals surface area contributed by atoms with Gasteiger partial charge in [0, 0.05) is 16.0 Å². The Balaban J connectivity index is 2.55. The van der Waals surface area contributed by atoms with Crippen LogP contribution in [0, 0.1) is 5.92 Å². The van der Waals surface area contributed by atoms with E-state index in [1.165, 1.54) is 0 Å². The van der Waals surface area contributed by atoms with E-state index >= 15 is 0 Å². The summed E-state index contributed by atoms with van der Waals surface area (Å²) in [6.45, 7) is 4.00. The van der Waals surface area contributed by atoms with E-state index in [9.17, 15) is 9.00 Å². The lowest BCUT2D eigenvalue weighted by Crippen LogP contribution is -2.34. The molecule has 1 aliphatic carbocycles. The van der Waals surface area contributed by atoms with E-state index in [2.05, 4.69) is 6.92 Å². The van der Waals surface area contributed by atoms with E-state index in [-0.39, 0.29) is 5.25 Å². The molecule has 0 aromatic rings. The molecule has 0 saturated heterocycles. The van der Waals surface area contributed by atoms with E-state index in [4.69, 9.17) is 5.11 Å². The summed E-state index contributed by atoms with van der Waals surface area (Å²) in [5.74, 6) is -0.197. The standard InChI is InChI=1S/C11H20O3S/c1-3-10(11(12)13)15(14)9-6-4-8(2)5-7-9/h8-10H,3-7H2,1-2H3,(H,12,13). The third-order valence-corrected chi connectivity index (χ3v) is 5.44. The number of rotatable bonds is 4. The van der Waals surface area contributed by atoms with Crippen molar-refractivity contribution < 1.29 is 14.1 Å². The van der Waals surface area contributed by atoms with Crippen molar-refractivity contribution in [3.63, 3.8) is 0 Å². The van der Waals surface area contributed by atoms with Gasteiger partial charge in [0.25, 0.3) is 0 Å². The van der Waals surface area contributed by atoms with Gasteiger partial charge in [-0.2, -0.15) is 0 Å². The van der Waals surface area contributed by atoms with Crippen molar-refractivity contribution in [3.05, 3.63) is 0 Å². The molecule has 1 rings (SSSR count). The van der Waals surface area contributed by atoms with Crippen LogP contribution >= 0.6 is 0 Å². The fraction of sp³-hybridized carbons (Fsp3) is 0.909. The summed E-state index contributed by atoms with van der Waals surface area (Å²) in [5, 5.41) is 8.38. The highest BCUT2D eigenvalue weighted by Gasteiger charge is 2.31. The maximum absolute atomic E-state index is 12.0. The van der Waals surface area contributed by atoms with Crippen molar-refractivity contribution in [1.82, 2.24) is 0 Å². The average molecular weight is 232 g/mol. The van der Waals surface area contributed by atoms with Crippen molar-refractivity contribution >= 4 is 16.8 Å². The molecule has 1 aliphatic rings. The first-order valence-corrected chi connectivity index (χ1v) is 6.96. The predicted octanol–water partition coefficient (Wildman–Crippen LogP) is 2.18. The van der Waals surface area contributed by atoms with Gasteiger partial charge in [0.05, 0.1) is 0 Å². The fourth-order valence-electron chi connectivity index (χ4n) is 2.13. The molecule has 0 bridgehead atoms. The smallest absolute Gasteiger partial charge is 0.319 e. The predicted molar refractivity (Wildman–Crippen MR) is 61.3 cm³/mol. The molecular formula is C11H20O3S. The first kappa shape index (κ1) is 12.7. The summed E-state index contributed by atoms with van der Waals surface area (Å²) in [6, 6.07) is 0. The first-order valence-electron chi connectivity index (χ1n) is 5.68. The largest absolute Gasteiger partial charge is 0.480 e. The van der Waals surface area contributed by atoms with Crippen LogP contribution in [0.15, 0.2) is 0 Å². The summed E-state index contributed by atoms with van der Waals surface area (Å²) in [7, 11) is -1.19. The lowest BCUT2D eigenvalue weighted by Gasteiger charge is -2.27. The Labute approximate surface area is 93.7 Å². The quantitative estimate of drug-likeness (QED) is 0.808. The highest BCUT2D eigenvalue weighted by molar-refractivity contribution is 7.87. The second-order valence-corrected chi connectivity index (χ2v) is 6.34. The molecule has 1 saturated carbocycles. The summed E-state index contributed by atoms with van der Waals surface area (Å²) < 4.78 is 12.0. The van der Waals surface area contributed by atoms with Crippen LogP contribution in [-0.2, 0) is 15.6 Å². The zero-order valence-corrected chi connectivity index (χ0v) is 10.3. The Morgan fingerprint density at radius 3 is 2.33 bits per heavy atom. The maximum Gasteiger partial charge on any atom is 0.319 e. The molecule has 0 aromatic heterocycles. The molecule has 0 aromatic carbocycles. The molecule has 4 heteroatoms. The second kappa shape index (κ2) is 5.64. The summed E-state index contributed by atoms with van der Waals surface area (Å²) in [6.07, 6.45) is 4.50. The zero-order chi connectivity index (χ0) is 11.4. The van der Waals surface area contributed by atoms with Gasteiger partial charge in [0.2, 0.25) is 0 Å². The first-order chi connectivity index (χ1) is 7.06. The molecule has 1 N–H and O–H groups in total. The molecular weight excluding hydrogens is 212 g/mol. The van der Waals surface area contributed by atoms with Gasteiger partial charge in [-0.05, 0) is 38.0 Å². The van der Waals surface area contributed by atoms with Crippen molar-refractivity contribution in [3.8, 4) is 0 Å². The van der Waals surface area contributed by atoms with Gasteiger partial charge in [-0.3, -0.25) is 9.00 Å². The van der Waals surface area contributed by atoms with Crippen LogP contribution in [0.4, 0.5) is 0 Å². The number of carboxylic acid groups (broad SMARTS) is 1. The molecule has 3 nitrogen and oxygen atoms in total. The van der Waals surface area contributed by atoms with Gasteiger partial charge >= 0.3 is 5.97 Å². The normalized spacial score (nSPS) is 30.8. The van der Waals surface area contributed by atoms with E-state index < -0.39 is 22.0 Å². The van der Waals surface area contributed by atoms with Crippen molar-refractivity contribution in [2.75, 3.05) is 0 Å². The Morgan fingerprint density at radius 1 is 1.40 bits per heavy atom. The van der Waals surface area contributed by atoms with E-state index in [0.29, 0.717) is 12.3 Å². The van der Waals surface area contributed by atoms with Crippen molar-refractivity contribution in [1.29, 1.82) is 0 Å². The molecule has 0 spiro atoms. The monoisotopic (exact) mass is 232 g/mol. The highest BCUT2D eigenvalue weighted by Crippen LogP contribution is 2.28. The second-order valence-electron chi connectivity index (χ2n) is 4.45. The number of carboxylic acids is 1. The average Bonchev–Trinajstić information content (AvgIpc) is 2.19. The topological polar surface area (TPSA) is 54.4 Å². The fourth-order valence-corrected chi connectivity index (χ4v) is 3.86. The van der Waals surface area contributed by atoms with Crippen molar-refractivity contribution in [2.24, 2.45) is 5.92 Å². The number of aliphatic carboxylic acids is 1. The van der Waals surface area contributed by atoms with Crippen LogP contribution in [0.5, 0.6) is 0 Å². The number of hydrogen-bond acceptors (Lipinski definition) is 2. The van der Waals surface area contributed by atoms with Gasteiger partial charge in [-0.15, -0.1) is 0 Å². The Hall–Kier alpha value is -0.380. The lowest BCUT2D eigenvalue weighted by molar-refractivity contribution is -0.136. The van der Waals surface area contributed by atoms with Crippen LogP contribution in [0.3, 0.4) is 0 Å². The van der Waals surface area contributed by atoms with E-state index in [1.54, 1.807) is 6.92 Å². The van der Waals surface area contributed by atoms with Crippen LogP contribution in [0.25, 0.3) is 0 Å². The van der Waals surface area contributed by atoms with Gasteiger partial charge in [-0.25, -0.2) is 0 Å².